The van der Waals surface area contributed by atoms with Crippen molar-refractivity contribution in [3.63, 3.8) is 0 Å². The fourth-order valence-corrected chi connectivity index (χ4v) is 0.904. The van der Waals surface area contributed by atoms with Crippen LogP contribution in [0.2, 0.25) is 0 Å². The molecular weight excluding hydrogens is 278 g/mol. The minimum Gasteiger partial charge on any atom is -0.481 e. The first kappa shape index (κ1) is 19.3. The van der Waals surface area contributed by atoms with Gasteiger partial charge in [0.25, 0.3) is 0 Å². The molecule has 1 amide bonds. The Labute approximate surface area is 111 Å². The molecule has 0 spiro atoms. The predicted octanol–water partition coefficient (Wildman–Crippen LogP) is -1.19. The number of carbonyl (C=O) groups is 4. The zero-order valence-corrected chi connectivity index (χ0v) is 10.9. The Morgan fingerprint density at radius 1 is 1.05 bits per heavy atom. The number of amides is 1. The molecule has 19 heavy (non-hydrogen) atoms. The summed E-state index contributed by atoms with van der Waals surface area (Å²) in [6, 6.07) is 0. The lowest BCUT2D eigenvalue weighted by atomic mass is 10.3. The smallest absolute Gasteiger partial charge is 0.303 e. The van der Waals surface area contributed by atoms with Crippen LogP contribution in [0.4, 0.5) is 0 Å². The van der Waals surface area contributed by atoms with Gasteiger partial charge in [0, 0.05) is 19.3 Å². The maximum atomic E-state index is 10.7. The normalized spacial score (nSPS) is 8.42. The van der Waals surface area contributed by atoms with Crippen molar-refractivity contribution in [2.24, 2.45) is 0 Å². The van der Waals surface area contributed by atoms with Gasteiger partial charge in [0.2, 0.25) is 16.2 Å². The summed E-state index contributed by atoms with van der Waals surface area (Å²) in [5, 5.41) is 11.1. The van der Waals surface area contributed by atoms with Crippen molar-refractivity contribution >= 4 is 40.1 Å². The molecule has 2 N–H and O–H groups in total. The molecule has 0 atom stereocenters. The van der Waals surface area contributed by atoms with E-state index in [0.717, 1.165) is 5.37 Å². The lowest BCUT2D eigenvalue weighted by molar-refractivity contribution is -0.137. The minimum absolute atomic E-state index is 0.0200. The van der Waals surface area contributed by atoms with Gasteiger partial charge in [-0.05, 0) is 0 Å². The van der Waals surface area contributed by atoms with E-state index in [1.807, 2.05) is 0 Å². The number of aliphatic carboxylic acids is 1. The quantitative estimate of drug-likeness (QED) is 0.424. The molecule has 0 unspecified atom stereocenters. The Hall–Kier alpha value is -2.03. The average molecular weight is 293 g/mol. The van der Waals surface area contributed by atoms with Crippen LogP contribution in [-0.2, 0) is 29.5 Å². The summed E-state index contributed by atoms with van der Waals surface area (Å²) in [4.78, 5) is 39.5. The summed E-state index contributed by atoms with van der Waals surface area (Å²) in [6.45, 7) is -0.0200. The van der Waals surface area contributed by atoms with E-state index >= 15 is 0 Å². The molecule has 8 nitrogen and oxygen atoms in total. The molecular formula is C10H15NO7S. The van der Waals surface area contributed by atoms with Crippen molar-refractivity contribution in [1.82, 2.24) is 5.32 Å². The molecule has 0 bridgehead atoms. The zero-order chi connectivity index (χ0) is 15.1. The highest BCUT2D eigenvalue weighted by molar-refractivity contribution is 7.71. The summed E-state index contributed by atoms with van der Waals surface area (Å²) in [7, 11) is -2.25. The first-order valence-corrected chi connectivity index (χ1v) is 6.35. The van der Waals surface area contributed by atoms with Crippen LogP contribution in [0.1, 0.15) is 25.7 Å². The Bertz CT molecular complexity index is 419. The number of nitrogens with one attached hydrogen (secondary N) is 1. The number of carboxylic acids is 1. The van der Waals surface area contributed by atoms with Gasteiger partial charge in [0.1, 0.15) is 12.6 Å². The largest absolute Gasteiger partial charge is 0.481 e. The Morgan fingerprint density at radius 3 is 1.95 bits per heavy atom. The van der Waals surface area contributed by atoms with Crippen molar-refractivity contribution < 1.29 is 32.7 Å². The minimum atomic E-state index is -2.25. The van der Waals surface area contributed by atoms with Crippen molar-refractivity contribution in [2.75, 3.05) is 6.54 Å². The predicted molar refractivity (Wildman–Crippen MR) is 66.2 cm³/mol. The van der Waals surface area contributed by atoms with Crippen molar-refractivity contribution in [1.29, 1.82) is 0 Å². The molecule has 9 heteroatoms. The van der Waals surface area contributed by atoms with Gasteiger partial charge in [-0.2, -0.15) is 8.42 Å². The van der Waals surface area contributed by atoms with Gasteiger partial charge >= 0.3 is 5.97 Å². The van der Waals surface area contributed by atoms with E-state index in [-0.39, 0.29) is 38.1 Å². The van der Waals surface area contributed by atoms with E-state index in [2.05, 4.69) is 5.32 Å². The van der Waals surface area contributed by atoms with Gasteiger partial charge in [-0.3, -0.25) is 9.59 Å². The third-order valence-corrected chi connectivity index (χ3v) is 1.92. The third kappa shape index (κ3) is 21.8. The van der Waals surface area contributed by atoms with Crippen LogP contribution < -0.4 is 5.32 Å². The van der Waals surface area contributed by atoms with E-state index in [1.165, 1.54) is 0 Å². The Morgan fingerprint density at radius 2 is 1.58 bits per heavy atom. The van der Waals surface area contributed by atoms with Gasteiger partial charge in [-0.15, -0.1) is 0 Å². The second-order valence-corrected chi connectivity index (χ2v) is 3.89. The third-order valence-electron chi connectivity index (χ3n) is 1.48. The summed E-state index contributed by atoms with van der Waals surface area (Å²) >= 11 is 0. The molecule has 0 saturated carbocycles. The molecule has 0 aliphatic heterocycles. The van der Waals surface area contributed by atoms with E-state index in [0.29, 0.717) is 12.6 Å². The lowest BCUT2D eigenvalue weighted by Crippen LogP contribution is -2.24. The molecule has 0 saturated heterocycles. The molecule has 0 aromatic heterocycles. The number of hydrogen-bond donors (Lipinski definition) is 2. The van der Waals surface area contributed by atoms with Crippen molar-refractivity contribution in [2.45, 2.75) is 25.7 Å². The number of hydrogen-bond acceptors (Lipinski definition) is 6. The molecule has 0 aliphatic carbocycles. The number of aldehydes is 2. The van der Waals surface area contributed by atoms with Crippen LogP contribution >= 0.6 is 0 Å². The van der Waals surface area contributed by atoms with Gasteiger partial charge in [0.05, 0.1) is 18.3 Å². The van der Waals surface area contributed by atoms with Crippen LogP contribution in [-0.4, -0.2) is 49.9 Å². The SMILES string of the molecule is O=CCCC(=O)NCC=S(=O)=O.O=CCCC(=O)O. The molecule has 0 heterocycles. The second-order valence-electron chi connectivity index (χ2n) is 3.04. The van der Waals surface area contributed by atoms with E-state index in [1.54, 1.807) is 0 Å². The highest BCUT2D eigenvalue weighted by Gasteiger charge is 1.96. The molecule has 0 aliphatic rings. The Kier molecular flexibility index (Phi) is 14.3. The first-order chi connectivity index (χ1) is 8.93. The molecule has 0 fully saturated rings. The Balaban J connectivity index is 0. The molecule has 0 rings (SSSR count). The second kappa shape index (κ2) is 14.0. The molecule has 0 radical (unpaired) electrons. The average Bonchev–Trinajstić information content (AvgIpc) is 2.34. The maximum absolute atomic E-state index is 10.7. The molecule has 108 valence electrons. The standard InChI is InChI=1S/C6H9NO4S.C4H6O3/c8-4-1-2-6(9)7-3-5-12(10)11;5-3-1-2-4(6)7/h4-5H,1-3H2,(H,7,9);3H,1-2H2,(H,6,7). The summed E-state index contributed by atoms with van der Waals surface area (Å²) in [5.41, 5.74) is 0. The van der Waals surface area contributed by atoms with Crippen LogP contribution in [0, 0.1) is 0 Å². The summed E-state index contributed by atoms with van der Waals surface area (Å²) in [6.07, 6.45) is 1.55. The number of rotatable bonds is 8. The first-order valence-electron chi connectivity index (χ1n) is 5.21. The van der Waals surface area contributed by atoms with Crippen molar-refractivity contribution in [3.05, 3.63) is 0 Å². The van der Waals surface area contributed by atoms with E-state index in [9.17, 15) is 27.6 Å². The van der Waals surface area contributed by atoms with Crippen LogP contribution in [0.3, 0.4) is 0 Å². The van der Waals surface area contributed by atoms with Crippen LogP contribution in [0.25, 0.3) is 0 Å². The van der Waals surface area contributed by atoms with Crippen LogP contribution in [0.15, 0.2) is 0 Å². The van der Waals surface area contributed by atoms with E-state index in [4.69, 9.17) is 5.11 Å². The monoisotopic (exact) mass is 293 g/mol. The van der Waals surface area contributed by atoms with Gasteiger partial charge in [-0.25, -0.2) is 0 Å². The van der Waals surface area contributed by atoms with Gasteiger partial charge < -0.3 is 20.0 Å². The highest BCUT2D eigenvalue weighted by Crippen LogP contribution is 1.82. The molecule has 0 aromatic carbocycles. The topological polar surface area (TPSA) is 135 Å². The maximum Gasteiger partial charge on any atom is 0.303 e. The van der Waals surface area contributed by atoms with Gasteiger partial charge in [-0.1, -0.05) is 0 Å². The number of carboxylic acid groups (broad SMARTS) is 1. The fraction of sp³-hybridized carbons (Fsp3) is 0.500. The summed E-state index contributed by atoms with van der Waals surface area (Å²) in [5.74, 6) is -1.25. The van der Waals surface area contributed by atoms with Crippen molar-refractivity contribution in [3.8, 4) is 0 Å². The zero-order valence-electron chi connectivity index (χ0n) is 10.1. The molecule has 0 aromatic rings. The fourth-order valence-electron chi connectivity index (χ4n) is 0.684. The van der Waals surface area contributed by atoms with E-state index < -0.39 is 16.3 Å². The highest BCUT2D eigenvalue weighted by atomic mass is 32.2. The summed E-state index contributed by atoms with van der Waals surface area (Å²) < 4.78 is 19.9. The number of carbonyl (C=O) groups excluding carboxylic acids is 3. The van der Waals surface area contributed by atoms with Crippen LogP contribution in [0.5, 0.6) is 0 Å². The van der Waals surface area contributed by atoms with Gasteiger partial charge in [0.15, 0.2) is 0 Å². The lowest BCUT2D eigenvalue weighted by Gasteiger charge is -1.96.